The normalized spacial score (nSPS) is 10.8. The first kappa shape index (κ1) is 19.0. The monoisotopic (exact) mass is 423 g/mol. The molecule has 0 spiro atoms. The summed E-state index contributed by atoms with van der Waals surface area (Å²) in [5.41, 5.74) is 2.73. The minimum atomic E-state index is -0.289. The number of hydrogen-bond donors (Lipinski definition) is 3. The van der Waals surface area contributed by atoms with Crippen LogP contribution >= 0.6 is 23.6 Å². The maximum absolute atomic E-state index is 12.8. The van der Waals surface area contributed by atoms with Crippen LogP contribution in [0.1, 0.15) is 16.1 Å². The SMILES string of the molecule is C=CCn1c(-c2sc(NC(=O)c3cn[nH]c3-c3ccccc3)nc2C)n[nH]c1=S. The topological polar surface area (TPSA) is 104 Å². The number of nitrogens with one attached hydrogen (secondary N) is 3. The van der Waals surface area contributed by atoms with Crippen LogP contribution in [0.4, 0.5) is 5.13 Å². The summed E-state index contributed by atoms with van der Waals surface area (Å²) in [6, 6.07) is 9.56. The lowest BCUT2D eigenvalue weighted by molar-refractivity contribution is 0.102. The Morgan fingerprint density at radius 1 is 1.34 bits per heavy atom. The van der Waals surface area contributed by atoms with Gasteiger partial charge in [0.1, 0.15) is 0 Å². The highest BCUT2D eigenvalue weighted by Gasteiger charge is 2.20. The first-order valence-corrected chi connectivity index (χ1v) is 9.95. The molecular formula is C19H17N7OS2. The molecule has 0 bridgehead atoms. The highest BCUT2D eigenvalue weighted by Crippen LogP contribution is 2.32. The van der Waals surface area contributed by atoms with Crippen LogP contribution in [0.25, 0.3) is 22.0 Å². The number of benzene rings is 1. The molecule has 1 amide bonds. The van der Waals surface area contributed by atoms with E-state index in [1.807, 2.05) is 41.8 Å². The van der Waals surface area contributed by atoms with Crippen LogP contribution < -0.4 is 5.32 Å². The van der Waals surface area contributed by atoms with E-state index in [0.29, 0.717) is 33.5 Å². The lowest BCUT2D eigenvalue weighted by Gasteiger charge is -2.03. The van der Waals surface area contributed by atoms with E-state index in [1.54, 1.807) is 6.08 Å². The van der Waals surface area contributed by atoms with Crippen LogP contribution in [0.3, 0.4) is 0 Å². The van der Waals surface area contributed by atoms with Crippen molar-refractivity contribution in [2.24, 2.45) is 0 Å². The molecule has 0 saturated heterocycles. The van der Waals surface area contributed by atoms with Crippen molar-refractivity contribution in [2.75, 3.05) is 5.32 Å². The highest BCUT2D eigenvalue weighted by molar-refractivity contribution is 7.71. The van der Waals surface area contributed by atoms with Gasteiger partial charge in [-0.3, -0.25) is 24.9 Å². The minimum Gasteiger partial charge on any atom is -0.298 e. The summed E-state index contributed by atoms with van der Waals surface area (Å²) in [6.07, 6.45) is 3.26. The van der Waals surface area contributed by atoms with Gasteiger partial charge in [-0.25, -0.2) is 4.98 Å². The van der Waals surface area contributed by atoms with Gasteiger partial charge < -0.3 is 0 Å². The smallest absolute Gasteiger partial charge is 0.261 e. The largest absolute Gasteiger partial charge is 0.298 e. The summed E-state index contributed by atoms with van der Waals surface area (Å²) >= 11 is 6.61. The molecule has 4 aromatic rings. The summed E-state index contributed by atoms with van der Waals surface area (Å²) in [5.74, 6) is 0.376. The number of H-pyrrole nitrogens is 2. The van der Waals surface area contributed by atoms with Gasteiger partial charge in [-0.2, -0.15) is 10.2 Å². The number of allylic oxidation sites excluding steroid dienone is 1. The van der Waals surface area contributed by atoms with Crippen LogP contribution in [0.5, 0.6) is 0 Å². The fourth-order valence-electron chi connectivity index (χ4n) is 2.89. The molecule has 0 atom stereocenters. The number of thiazole rings is 1. The molecule has 0 saturated carbocycles. The predicted octanol–water partition coefficient (Wildman–Crippen LogP) is 4.20. The average Bonchev–Trinajstić information content (AvgIpc) is 3.43. The Bertz CT molecular complexity index is 1230. The molecule has 8 nitrogen and oxygen atoms in total. The third kappa shape index (κ3) is 3.67. The van der Waals surface area contributed by atoms with E-state index in [0.717, 1.165) is 16.1 Å². The van der Waals surface area contributed by atoms with E-state index in [2.05, 4.69) is 37.3 Å². The molecule has 4 rings (SSSR count). The molecule has 0 unspecified atom stereocenters. The Hall–Kier alpha value is -3.37. The van der Waals surface area contributed by atoms with E-state index in [-0.39, 0.29) is 5.91 Å². The number of aromatic nitrogens is 6. The number of amides is 1. The minimum absolute atomic E-state index is 0.289. The van der Waals surface area contributed by atoms with E-state index in [4.69, 9.17) is 12.2 Å². The molecule has 3 N–H and O–H groups in total. The Kier molecular flexibility index (Phi) is 5.19. The van der Waals surface area contributed by atoms with Crippen molar-refractivity contribution in [1.82, 2.24) is 29.9 Å². The van der Waals surface area contributed by atoms with Crippen molar-refractivity contribution in [2.45, 2.75) is 13.5 Å². The third-order valence-electron chi connectivity index (χ3n) is 4.24. The quantitative estimate of drug-likeness (QED) is 0.318. The van der Waals surface area contributed by atoms with Crippen LogP contribution in [-0.4, -0.2) is 35.9 Å². The van der Waals surface area contributed by atoms with E-state index in [9.17, 15) is 4.79 Å². The maximum Gasteiger partial charge on any atom is 0.261 e. The molecule has 10 heteroatoms. The molecule has 1 aromatic carbocycles. The molecule has 3 aromatic heterocycles. The summed E-state index contributed by atoms with van der Waals surface area (Å²) in [7, 11) is 0. The first-order valence-electron chi connectivity index (χ1n) is 8.72. The number of anilines is 1. The molecule has 0 aliphatic rings. The zero-order valence-electron chi connectivity index (χ0n) is 15.5. The zero-order valence-corrected chi connectivity index (χ0v) is 17.1. The van der Waals surface area contributed by atoms with E-state index >= 15 is 0 Å². The van der Waals surface area contributed by atoms with Gasteiger partial charge in [0.25, 0.3) is 5.91 Å². The molecule has 3 heterocycles. The second kappa shape index (κ2) is 7.94. The third-order valence-corrected chi connectivity index (χ3v) is 5.62. The Morgan fingerprint density at radius 2 is 2.14 bits per heavy atom. The lowest BCUT2D eigenvalue weighted by atomic mass is 10.1. The van der Waals surface area contributed by atoms with Gasteiger partial charge in [-0.1, -0.05) is 47.7 Å². The standard InChI is InChI=1S/C19H17N7OS2/c1-3-9-26-16(24-25-19(26)28)15-11(2)21-18(29-15)22-17(27)13-10-20-23-14(13)12-7-5-4-6-8-12/h3-8,10H,1,9H2,2H3,(H,20,23)(H,25,28)(H,21,22,27). The summed E-state index contributed by atoms with van der Waals surface area (Å²) in [5, 5.41) is 17.3. The maximum atomic E-state index is 12.8. The van der Waals surface area contributed by atoms with E-state index in [1.165, 1.54) is 17.5 Å². The van der Waals surface area contributed by atoms with Crippen molar-refractivity contribution in [3.05, 3.63) is 65.2 Å². The first-order chi connectivity index (χ1) is 14.1. The highest BCUT2D eigenvalue weighted by atomic mass is 32.1. The van der Waals surface area contributed by atoms with Gasteiger partial charge >= 0.3 is 0 Å². The number of rotatable bonds is 6. The van der Waals surface area contributed by atoms with Gasteiger partial charge in [0.2, 0.25) is 0 Å². The van der Waals surface area contributed by atoms with Crippen molar-refractivity contribution < 1.29 is 4.79 Å². The van der Waals surface area contributed by atoms with Gasteiger partial charge in [0.05, 0.1) is 28.0 Å². The van der Waals surface area contributed by atoms with Gasteiger partial charge in [0.15, 0.2) is 15.7 Å². The second-order valence-corrected chi connectivity index (χ2v) is 7.55. The summed E-state index contributed by atoms with van der Waals surface area (Å²) in [4.78, 5) is 18.1. The fourth-order valence-corrected chi connectivity index (χ4v) is 4.06. The Labute approximate surface area is 175 Å². The van der Waals surface area contributed by atoms with Gasteiger partial charge in [0, 0.05) is 12.1 Å². The molecule has 0 aliphatic carbocycles. The second-order valence-electron chi connectivity index (χ2n) is 6.16. The number of carbonyl (C=O) groups excluding carboxylic acids is 1. The van der Waals surface area contributed by atoms with Crippen LogP contribution in [0, 0.1) is 11.7 Å². The fraction of sp³-hybridized carbons (Fsp3) is 0.105. The lowest BCUT2D eigenvalue weighted by Crippen LogP contribution is -2.12. The van der Waals surface area contributed by atoms with E-state index < -0.39 is 0 Å². The zero-order chi connectivity index (χ0) is 20.4. The average molecular weight is 424 g/mol. The number of carbonyl (C=O) groups is 1. The van der Waals surface area contributed by atoms with Crippen LogP contribution in [0.15, 0.2) is 49.2 Å². The molecule has 0 radical (unpaired) electrons. The molecule has 0 fully saturated rings. The number of hydrogen-bond acceptors (Lipinski definition) is 6. The Balaban J connectivity index is 1.62. The predicted molar refractivity (Wildman–Crippen MR) is 115 cm³/mol. The van der Waals surface area contributed by atoms with Crippen LogP contribution in [0.2, 0.25) is 0 Å². The van der Waals surface area contributed by atoms with Crippen LogP contribution in [-0.2, 0) is 6.54 Å². The number of aryl methyl sites for hydroxylation is 1. The van der Waals surface area contributed by atoms with Gasteiger partial charge in [-0.05, 0) is 19.1 Å². The number of aromatic amines is 2. The van der Waals surface area contributed by atoms with Crippen molar-refractivity contribution in [3.8, 4) is 22.0 Å². The summed E-state index contributed by atoms with van der Waals surface area (Å²) < 4.78 is 2.34. The molecule has 29 heavy (non-hydrogen) atoms. The summed E-state index contributed by atoms with van der Waals surface area (Å²) in [6.45, 7) is 6.15. The Morgan fingerprint density at radius 3 is 2.90 bits per heavy atom. The van der Waals surface area contributed by atoms with Crippen molar-refractivity contribution in [3.63, 3.8) is 0 Å². The van der Waals surface area contributed by atoms with Gasteiger partial charge in [-0.15, -0.1) is 6.58 Å². The van der Waals surface area contributed by atoms with Crippen molar-refractivity contribution in [1.29, 1.82) is 0 Å². The molecular weight excluding hydrogens is 406 g/mol. The number of nitrogens with zero attached hydrogens (tertiary/aromatic N) is 4. The van der Waals surface area contributed by atoms with Crippen molar-refractivity contribution >= 4 is 34.6 Å². The molecule has 0 aliphatic heterocycles. The molecule has 146 valence electrons.